The number of benzene rings is 2. The number of anilines is 1. The molecule has 6 nitrogen and oxygen atoms in total. The lowest BCUT2D eigenvalue weighted by atomic mass is 10.0. The maximum absolute atomic E-state index is 13.1. The van der Waals surface area contributed by atoms with Crippen LogP contribution in [-0.4, -0.2) is 48.4 Å². The van der Waals surface area contributed by atoms with Crippen LogP contribution in [0.3, 0.4) is 0 Å². The Kier molecular flexibility index (Phi) is 5.68. The van der Waals surface area contributed by atoms with E-state index in [0.29, 0.717) is 35.1 Å². The Morgan fingerprint density at radius 3 is 2.53 bits per heavy atom. The summed E-state index contributed by atoms with van der Waals surface area (Å²) in [5.74, 6) is 0.309. The van der Waals surface area contributed by atoms with E-state index in [1.54, 1.807) is 65.6 Å². The van der Waals surface area contributed by atoms with Crippen LogP contribution in [0.1, 0.15) is 10.4 Å². The third-order valence-electron chi connectivity index (χ3n) is 5.03. The number of hydrogen-bond donors (Lipinski definition) is 0. The van der Waals surface area contributed by atoms with Crippen LogP contribution in [0.15, 0.2) is 66.9 Å². The van der Waals surface area contributed by atoms with Crippen molar-refractivity contribution >= 4 is 29.1 Å². The highest BCUT2D eigenvalue weighted by Crippen LogP contribution is 2.30. The van der Waals surface area contributed by atoms with E-state index in [-0.39, 0.29) is 18.4 Å². The van der Waals surface area contributed by atoms with Crippen LogP contribution in [0.2, 0.25) is 5.02 Å². The number of piperazine rings is 1. The molecule has 1 fully saturated rings. The highest BCUT2D eigenvalue weighted by molar-refractivity contribution is 6.30. The zero-order valence-electron chi connectivity index (χ0n) is 16.4. The van der Waals surface area contributed by atoms with Gasteiger partial charge in [0.05, 0.1) is 12.8 Å². The third kappa shape index (κ3) is 4.00. The Hall–Kier alpha value is -3.38. The summed E-state index contributed by atoms with van der Waals surface area (Å²) in [5, 5.41) is 0.614. The highest BCUT2D eigenvalue weighted by Gasteiger charge is 2.29. The number of hydrogen-bond acceptors (Lipinski definition) is 4. The molecule has 0 aliphatic carbocycles. The molecule has 2 amide bonds. The molecule has 0 N–H and O–H groups in total. The summed E-state index contributed by atoms with van der Waals surface area (Å²) in [5.41, 5.74) is 2.71. The summed E-state index contributed by atoms with van der Waals surface area (Å²) in [6.07, 6.45) is 1.69. The fourth-order valence-electron chi connectivity index (χ4n) is 3.49. The van der Waals surface area contributed by atoms with Crippen molar-refractivity contribution in [3.63, 3.8) is 0 Å². The van der Waals surface area contributed by atoms with Gasteiger partial charge in [-0.25, -0.2) is 0 Å². The number of halogens is 1. The second-order valence-corrected chi connectivity index (χ2v) is 7.31. The van der Waals surface area contributed by atoms with E-state index in [2.05, 4.69) is 4.98 Å². The summed E-state index contributed by atoms with van der Waals surface area (Å²) in [4.78, 5) is 33.4. The van der Waals surface area contributed by atoms with Crippen LogP contribution in [0.4, 0.5) is 5.69 Å². The summed E-state index contributed by atoms with van der Waals surface area (Å²) in [6, 6.07) is 17.9. The Morgan fingerprint density at radius 2 is 1.87 bits per heavy atom. The van der Waals surface area contributed by atoms with Crippen molar-refractivity contribution in [1.82, 2.24) is 9.88 Å². The maximum Gasteiger partial charge on any atom is 0.254 e. The Bertz CT molecular complexity index is 1070. The van der Waals surface area contributed by atoms with Gasteiger partial charge in [-0.1, -0.05) is 17.7 Å². The quantitative estimate of drug-likeness (QED) is 0.641. The molecule has 2 aromatic carbocycles. The molecular formula is C23H20ClN3O3. The van der Waals surface area contributed by atoms with E-state index in [9.17, 15) is 9.59 Å². The van der Waals surface area contributed by atoms with E-state index in [4.69, 9.17) is 16.3 Å². The van der Waals surface area contributed by atoms with Gasteiger partial charge >= 0.3 is 0 Å². The monoisotopic (exact) mass is 421 g/mol. The van der Waals surface area contributed by atoms with E-state index in [1.165, 1.54) is 0 Å². The minimum Gasteiger partial charge on any atom is -0.496 e. The van der Waals surface area contributed by atoms with Gasteiger partial charge in [0, 0.05) is 41.1 Å². The summed E-state index contributed by atoms with van der Waals surface area (Å²) >= 11 is 5.93. The predicted octanol–water partition coefficient (Wildman–Crippen LogP) is 3.90. The maximum atomic E-state index is 13.1. The van der Waals surface area contributed by atoms with Gasteiger partial charge < -0.3 is 14.5 Å². The third-order valence-corrected chi connectivity index (χ3v) is 5.29. The SMILES string of the molecule is COc1ccc(C(=O)N2CCN(c3ccc(Cl)cc3)C(=O)C2)cc1-c1ccccn1. The van der Waals surface area contributed by atoms with Crippen molar-refractivity contribution in [3.05, 3.63) is 77.4 Å². The van der Waals surface area contributed by atoms with Crippen LogP contribution in [-0.2, 0) is 4.79 Å². The smallest absolute Gasteiger partial charge is 0.254 e. The molecule has 0 bridgehead atoms. The molecule has 0 saturated carbocycles. The molecule has 152 valence electrons. The molecule has 0 radical (unpaired) electrons. The van der Waals surface area contributed by atoms with Gasteiger partial charge in [-0.3, -0.25) is 14.6 Å². The van der Waals surface area contributed by atoms with Gasteiger partial charge in [-0.2, -0.15) is 0 Å². The second-order valence-electron chi connectivity index (χ2n) is 6.88. The molecule has 2 heterocycles. The van der Waals surface area contributed by atoms with Crippen molar-refractivity contribution in [1.29, 1.82) is 0 Å². The number of aromatic nitrogens is 1. The number of carbonyl (C=O) groups excluding carboxylic acids is 2. The average Bonchev–Trinajstić information content (AvgIpc) is 2.79. The van der Waals surface area contributed by atoms with Gasteiger partial charge in [0.1, 0.15) is 12.3 Å². The van der Waals surface area contributed by atoms with Crippen molar-refractivity contribution in [2.45, 2.75) is 0 Å². The highest BCUT2D eigenvalue weighted by atomic mass is 35.5. The first-order valence-corrected chi connectivity index (χ1v) is 9.89. The normalized spacial score (nSPS) is 14.0. The number of nitrogens with zero attached hydrogens (tertiary/aromatic N) is 3. The van der Waals surface area contributed by atoms with Crippen LogP contribution in [0.25, 0.3) is 11.3 Å². The van der Waals surface area contributed by atoms with E-state index >= 15 is 0 Å². The lowest BCUT2D eigenvalue weighted by Crippen LogP contribution is -2.52. The van der Waals surface area contributed by atoms with Gasteiger partial charge in [0.2, 0.25) is 5.91 Å². The Morgan fingerprint density at radius 1 is 1.07 bits per heavy atom. The molecule has 7 heteroatoms. The second kappa shape index (κ2) is 8.55. The van der Waals surface area contributed by atoms with E-state index in [1.807, 2.05) is 18.2 Å². The minimum absolute atomic E-state index is 0.0202. The molecule has 0 atom stereocenters. The van der Waals surface area contributed by atoms with E-state index < -0.39 is 0 Å². The number of carbonyl (C=O) groups is 2. The molecule has 1 aliphatic heterocycles. The largest absolute Gasteiger partial charge is 0.496 e. The van der Waals surface area contributed by atoms with Crippen LogP contribution >= 0.6 is 11.6 Å². The lowest BCUT2D eigenvalue weighted by molar-refractivity contribution is -0.120. The molecule has 30 heavy (non-hydrogen) atoms. The van der Waals surface area contributed by atoms with Crippen molar-refractivity contribution in [3.8, 4) is 17.0 Å². The molecule has 0 spiro atoms. The van der Waals surface area contributed by atoms with Gasteiger partial charge in [-0.05, 0) is 54.6 Å². The van der Waals surface area contributed by atoms with Crippen molar-refractivity contribution < 1.29 is 14.3 Å². The molecule has 0 unspecified atom stereocenters. The average molecular weight is 422 g/mol. The van der Waals surface area contributed by atoms with E-state index in [0.717, 1.165) is 11.3 Å². The molecule has 4 rings (SSSR count). The van der Waals surface area contributed by atoms with Crippen molar-refractivity contribution in [2.75, 3.05) is 31.6 Å². The summed E-state index contributed by atoms with van der Waals surface area (Å²) < 4.78 is 5.43. The molecule has 1 aromatic heterocycles. The lowest BCUT2D eigenvalue weighted by Gasteiger charge is -2.34. The number of pyridine rings is 1. The fraction of sp³-hybridized carbons (Fsp3) is 0.174. The summed E-state index contributed by atoms with van der Waals surface area (Å²) in [6.45, 7) is 0.889. The molecule has 1 saturated heterocycles. The van der Waals surface area contributed by atoms with Gasteiger partial charge in [0.15, 0.2) is 0 Å². The minimum atomic E-state index is -0.195. The number of amides is 2. The standard InChI is InChI=1S/C23H20ClN3O3/c1-30-21-10-5-16(14-19(21)20-4-2-3-11-25-20)23(29)26-12-13-27(22(28)15-26)18-8-6-17(24)7-9-18/h2-11,14H,12-13,15H2,1H3. The number of methoxy groups -OCH3 is 1. The topological polar surface area (TPSA) is 62.7 Å². The van der Waals surface area contributed by atoms with Gasteiger partial charge in [0.25, 0.3) is 5.91 Å². The zero-order valence-corrected chi connectivity index (χ0v) is 17.2. The summed E-state index contributed by atoms with van der Waals surface area (Å²) in [7, 11) is 1.58. The zero-order chi connectivity index (χ0) is 21.1. The van der Waals surface area contributed by atoms with Crippen molar-refractivity contribution in [2.24, 2.45) is 0 Å². The Labute approximate surface area is 179 Å². The predicted molar refractivity (Wildman–Crippen MR) is 116 cm³/mol. The first kappa shape index (κ1) is 19.9. The number of ether oxygens (including phenoxy) is 1. The van der Waals surface area contributed by atoms with Crippen LogP contribution < -0.4 is 9.64 Å². The van der Waals surface area contributed by atoms with Gasteiger partial charge in [-0.15, -0.1) is 0 Å². The first-order valence-electron chi connectivity index (χ1n) is 9.51. The van der Waals surface area contributed by atoms with Crippen LogP contribution in [0, 0.1) is 0 Å². The fourth-order valence-corrected chi connectivity index (χ4v) is 3.61. The first-order chi connectivity index (χ1) is 14.6. The molecular weight excluding hydrogens is 402 g/mol. The molecule has 3 aromatic rings. The van der Waals surface area contributed by atoms with Crippen LogP contribution in [0.5, 0.6) is 5.75 Å². The number of rotatable bonds is 4. The Balaban J connectivity index is 1.54. The molecule has 1 aliphatic rings.